The Bertz CT molecular complexity index is 797. The summed E-state index contributed by atoms with van der Waals surface area (Å²) >= 11 is 0. The fourth-order valence-corrected chi connectivity index (χ4v) is 2.51. The molecule has 104 valence electrons. The summed E-state index contributed by atoms with van der Waals surface area (Å²) in [6.45, 7) is 1.61. The quantitative estimate of drug-likeness (QED) is 0.918. The van der Waals surface area contributed by atoms with Crippen molar-refractivity contribution in [3.8, 4) is 0 Å². The molecule has 1 fully saturated rings. The molecule has 1 aromatic carbocycles. The minimum absolute atomic E-state index is 0.0264. The Hall–Kier alpha value is -2.24. The molecule has 4 nitrogen and oxygen atoms in total. The van der Waals surface area contributed by atoms with Crippen molar-refractivity contribution in [3.63, 3.8) is 0 Å². The van der Waals surface area contributed by atoms with Gasteiger partial charge < -0.3 is 9.67 Å². The second kappa shape index (κ2) is 4.13. The van der Waals surface area contributed by atoms with Gasteiger partial charge in [-0.1, -0.05) is 0 Å². The van der Waals surface area contributed by atoms with Crippen LogP contribution in [0.3, 0.4) is 0 Å². The maximum absolute atomic E-state index is 13.5. The van der Waals surface area contributed by atoms with Crippen molar-refractivity contribution in [1.29, 1.82) is 0 Å². The first-order valence-electron chi connectivity index (χ1n) is 6.12. The minimum Gasteiger partial charge on any atom is -0.477 e. The molecule has 2 aromatic rings. The van der Waals surface area contributed by atoms with Crippen LogP contribution in [0, 0.1) is 12.7 Å². The molecule has 20 heavy (non-hydrogen) atoms. The average Bonchev–Trinajstić information content (AvgIpc) is 3.07. The summed E-state index contributed by atoms with van der Waals surface area (Å²) in [5.74, 6) is -2.02. The number of fused-ring (bicyclic) bond motifs is 1. The van der Waals surface area contributed by atoms with Gasteiger partial charge in [0.25, 0.3) is 0 Å². The van der Waals surface area contributed by atoms with Gasteiger partial charge in [0, 0.05) is 18.0 Å². The molecule has 1 N–H and O–H groups in total. The lowest BCUT2D eigenvalue weighted by molar-refractivity contribution is 0.0694. The Kier molecular flexibility index (Phi) is 2.64. The summed E-state index contributed by atoms with van der Waals surface area (Å²) in [5, 5.41) is 9.03. The van der Waals surface area contributed by atoms with E-state index in [1.807, 2.05) is 0 Å². The highest BCUT2D eigenvalue weighted by Crippen LogP contribution is 2.41. The fourth-order valence-electron chi connectivity index (χ4n) is 2.51. The molecule has 1 aromatic heterocycles. The first-order chi connectivity index (χ1) is 9.40. The number of benzene rings is 1. The van der Waals surface area contributed by atoms with Crippen molar-refractivity contribution in [2.45, 2.75) is 25.6 Å². The van der Waals surface area contributed by atoms with Gasteiger partial charge >= 0.3 is 5.97 Å². The molecule has 0 bridgehead atoms. The van der Waals surface area contributed by atoms with Gasteiger partial charge in [-0.15, -0.1) is 0 Å². The molecule has 0 saturated heterocycles. The van der Waals surface area contributed by atoms with Crippen molar-refractivity contribution >= 4 is 16.9 Å². The summed E-state index contributed by atoms with van der Waals surface area (Å²) in [6.07, 6.45) is 0.363. The van der Waals surface area contributed by atoms with Gasteiger partial charge in [0.1, 0.15) is 17.6 Å². The number of carbonyl (C=O) groups is 1. The number of aryl methyl sites for hydroxylation is 1. The highest BCUT2D eigenvalue weighted by molar-refractivity contribution is 5.93. The predicted octanol–water partition coefficient (Wildman–Crippen LogP) is 2.43. The van der Waals surface area contributed by atoms with Crippen LogP contribution >= 0.6 is 0 Å². The van der Waals surface area contributed by atoms with Crippen LogP contribution in [-0.2, 0) is 0 Å². The van der Waals surface area contributed by atoms with Crippen LogP contribution in [0.25, 0.3) is 10.9 Å². The first-order valence-corrected chi connectivity index (χ1v) is 6.12. The summed E-state index contributed by atoms with van der Waals surface area (Å²) < 4.78 is 28.2. The summed E-state index contributed by atoms with van der Waals surface area (Å²) in [5.41, 5.74) is -0.344. The summed E-state index contributed by atoms with van der Waals surface area (Å²) in [7, 11) is 0. The van der Waals surface area contributed by atoms with Crippen molar-refractivity contribution < 1.29 is 18.7 Å². The lowest BCUT2D eigenvalue weighted by Gasteiger charge is -2.13. The second-order valence-corrected chi connectivity index (χ2v) is 5.02. The number of aromatic nitrogens is 1. The Morgan fingerprint density at radius 2 is 2.10 bits per heavy atom. The average molecular weight is 279 g/mol. The van der Waals surface area contributed by atoms with Crippen LogP contribution in [0.2, 0.25) is 0 Å². The van der Waals surface area contributed by atoms with Gasteiger partial charge in [-0.2, -0.15) is 0 Å². The third-order valence-corrected chi connectivity index (χ3v) is 3.55. The van der Waals surface area contributed by atoms with E-state index in [1.54, 1.807) is 6.92 Å². The standard InChI is InChI=1S/C14H11F2NO3/c1-6-2-7(15)3-8-12(6)17(11-4-10(11)16)5-9(13(8)18)14(19)20/h2-3,5,10-11H,4H2,1H3,(H,19,20)/t10-,11-/m0/s1. The largest absolute Gasteiger partial charge is 0.477 e. The molecule has 0 aliphatic heterocycles. The van der Waals surface area contributed by atoms with Gasteiger partial charge in [0.05, 0.1) is 11.6 Å². The maximum Gasteiger partial charge on any atom is 0.341 e. The minimum atomic E-state index is -1.40. The fraction of sp³-hybridized carbons (Fsp3) is 0.286. The topological polar surface area (TPSA) is 59.3 Å². The molecule has 1 aliphatic carbocycles. The van der Waals surface area contributed by atoms with Crippen LogP contribution in [0.1, 0.15) is 28.4 Å². The van der Waals surface area contributed by atoms with Crippen LogP contribution in [0.5, 0.6) is 0 Å². The van der Waals surface area contributed by atoms with Crippen LogP contribution in [-0.4, -0.2) is 21.8 Å². The van der Waals surface area contributed by atoms with Gasteiger partial charge in [0.15, 0.2) is 0 Å². The molecule has 0 spiro atoms. The van der Waals surface area contributed by atoms with E-state index in [4.69, 9.17) is 5.11 Å². The number of alkyl halides is 1. The van der Waals surface area contributed by atoms with Gasteiger partial charge in [-0.25, -0.2) is 13.6 Å². The molecule has 1 heterocycles. The lowest BCUT2D eigenvalue weighted by atomic mass is 10.1. The summed E-state index contributed by atoms with van der Waals surface area (Å²) in [4.78, 5) is 23.2. The molecule has 1 saturated carbocycles. The van der Waals surface area contributed by atoms with E-state index in [1.165, 1.54) is 10.6 Å². The molecule has 6 heteroatoms. The highest BCUT2D eigenvalue weighted by Gasteiger charge is 2.40. The summed E-state index contributed by atoms with van der Waals surface area (Å²) in [6, 6.07) is 1.76. The molecule has 0 radical (unpaired) electrons. The molecular formula is C14H11F2NO3. The molecule has 2 atom stereocenters. The Labute approximate surface area is 112 Å². The van der Waals surface area contributed by atoms with Crippen molar-refractivity contribution in [1.82, 2.24) is 4.57 Å². The van der Waals surface area contributed by atoms with Gasteiger partial charge in [0.2, 0.25) is 5.43 Å². The molecule has 1 aliphatic rings. The number of nitrogens with zero attached hydrogens (tertiary/aromatic N) is 1. The number of carboxylic acids is 1. The zero-order valence-electron chi connectivity index (χ0n) is 10.6. The lowest BCUT2D eigenvalue weighted by Crippen LogP contribution is -2.19. The third kappa shape index (κ3) is 1.79. The van der Waals surface area contributed by atoms with E-state index in [2.05, 4.69) is 0 Å². The number of carboxylic acid groups (broad SMARTS) is 1. The maximum atomic E-state index is 13.5. The van der Waals surface area contributed by atoms with Crippen molar-refractivity contribution in [2.75, 3.05) is 0 Å². The number of hydrogen-bond donors (Lipinski definition) is 1. The second-order valence-electron chi connectivity index (χ2n) is 5.02. The highest BCUT2D eigenvalue weighted by atomic mass is 19.1. The number of rotatable bonds is 2. The van der Waals surface area contributed by atoms with E-state index in [0.29, 0.717) is 11.1 Å². The smallest absolute Gasteiger partial charge is 0.341 e. The zero-order chi connectivity index (χ0) is 14.6. The molecular weight excluding hydrogens is 268 g/mol. The first kappa shape index (κ1) is 12.8. The molecule has 0 amide bonds. The monoisotopic (exact) mass is 279 g/mol. The van der Waals surface area contributed by atoms with Crippen LogP contribution < -0.4 is 5.43 Å². The van der Waals surface area contributed by atoms with E-state index in [0.717, 1.165) is 12.3 Å². The van der Waals surface area contributed by atoms with Crippen molar-refractivity contribution in [2.24, 2.45) is 0 Å². The van der Waals surface area contributed by atoms with E-state index in [9.17, 15) is 18.4 Å². The number of pyridine rings is 1. The van der Waals surface area contributed by atoms with Gasteiger partial charge in [-0.3, -0.25) is 4.79 Å². The normalized spacial score (nSPS) is 21.1. The Balaban J connectivity index is 2.45. The number of aromatic carboxylic acids is 1. The van der Waals surface area contributed by atoms with E-state index in [-0.39, 0.29) is 11.8 Å². The van der Waals surface area contributed by atoms with Gasteiger partial charge in [-0.05, 0) is 24.6 Å². The molecule has 3 rings (SSSR count). The number of halogens is 2. The number of hydrogen-bond acceptors (Lipinski definition) is 2. The zero-order valence-corrected chi connectivity index (χ0v) is 10.6. The SMILES string of the molecule is Cc1cc(F)cc2c(=O)c(C(=O)O)cn([C@H]3C[C@@H]3F)c12. The molecule has 0 unspecified atom stereocenters. The van der Waals surface area contributed by atoms with Crippen molar-refractivity contribution in [3.05, 3.63) is 45.5 Å². The Morgan fingerprint density at radius 3 is 2.65 bits per heavy atom. The van der Waals surface area contributed by atoms with E-state index >= 15 is 0 Å². The predicted molar refractivity (Wildman–Crippen MR) is 68.4 cm³/mol. The van der Waals surface area contributed by atoms with Crippen LogP contribution in [0.15, 0.2) is 23.1 Å². The third-order valence-electron chi connectivity index (χ3n) is 3.55. The Morgan fingerprint density at radius 1 is 1.45 bits per heavy atom. The van der Waals surface area contributed by atoms with Crippen LogP contribution in [0.4, 0.5) is 8.78 Å². The van der Waals surface area contributed by atoms with E-state index < -0.39 is 35.0 Å².